The number of hydrogen-bond acceptors (Lipinski definition) is 7. The lowest BCUT2D eigenvalue weighted by Crippen LogP contribution is -2.71. The number of hydrogen-bond donors (Lipinski definition) is 2. The summed E-state index contributed by atoms with van der Waals surface area (Å²) in [4.78, 5) is 4.88. The summed E-state index contributed by atoms with van der Waals surface area (Å²) in [6.07, 6.45) is 9.03. The van der Waals surface area contributed by atoms with Crippen LogP contribution in [-0.2, 0) is 15.0 Å². The van der Waals surface area contributed by atoms with Gasteiger partial charge in [-0.15, -0.1) is 0 Å². The van der Waals surface area contributed by atoms with E-state index in [-0.39, 0.29) is 11.1 Å². The number of methoxy groups -OCH3 is 1. The lowest BCUT2D eigenvalue weighted by Gasteiger charge is -2.71. The Hall–Kier alpha value is -2.13. The third-order valence-corrected chi connectivity index (χ3v) is 9.39. The van der Waals surface area contributed by atoms with Gasteiger partial charge in [0.1, 0.15) is 0 Å². The fourth-order valence-corrected chi connectivity index (χ4v) is 6.94. The molecule has 0 amide bonds. The predicted octanol–water partition coefficient (Wildman–Crippen LogP) is 4.10. The molecule has 1 unspecified atom stereocenters. The van der Waals surface area contributed by atoms with Crippen LogP contribution >= 0.6 is 11.6 Å². The quantitative estimate of drug-likeness (QED) is 0.533. The van der Waals surface area contributed by atoms with Gasteiger partial charge in [-0.25, -0.2) is 0 Å². The molecule has 3 saturated carbocycles. The highest BCUT2D eigenvalue weighted by Gasteiger charge is 2.71. The molecule has 0 radical (unpaired) electrons. The lowest BCUT2D eigenvalue weighted by atomic mass is 9.37. The number of ether oxygens (including phenoxy) is 2. The van der Waals surface area contributed by atoms with Crippen molar-refractivity contribution in [2.24, 2.45) is 5.41 Å². The van der Waals surface area contributed by atoms with E-state index < -0.39 is 0 Å². The summed E-state index contributed by atoms with van der Waals surface area (Å²) in [7, 11) is 1.80. The normalized spacial score (nSPS) is 30.1. The van der Waals surface area contributed by atoms with Gasteiger partial charge in [0, 0.05) is 62.4 Å². The van der Waals surface area contributed by atoms with Gasteiger partial charge in [0.25, 0.3) is 0 Å². The topological polar surface area (TPSA) is 78.6 Å². The summed E-state index contributed by atoms with van der Waals surface area (Å²) < 4.78 is 13.2. The summed E-state index contributed by atoms with van der Waals surface area (Å²) in [5.41, 5.74) is 4.24. The monoisotopic (exact) mass is 498 g/mol. The van der Waals surface area contributed by atoms with Crippen LogP contribution in [0.25, 0.3) is 0 Å². The highest BCUT2D eigenvalue weighted by atomic mass is 35.5. The molecular weight excluding hydrogens is 464 g/mol. The molecule has 35 heavy (non-hydrogen) atoms. The van der Waals surface area contributed by atoms with E-state index in [1.165, 1.54) is 6.21 Å². The molecule has 2 bridgehead atoms. The van der Waals surface area contributed by atoms with Crippen molar-refractivity contribution < 1.29 is 9.47 Å². The molecule has 1 aromatic carbocycles. The second-order valence-corrected chi connectivity index (χ2v) is 11.7. The van der Waals surface area contributed by atoms with Gasteiger partial charge in [0.15, 0.2) is 0 Å². The van der Waals surface area contributed by atoms with Crippen LogP contribution in [0.1, 0.15) is 38.7 Å². The molecule has 5 aliphatic rings. The number of nitrogens with zero attached hydrogens (tertiary/aromatic N) is 4. The molecule has 2 aromatic rings. The maximum absolute atomic E-state index is 7.93. The molecule has 0 spiro atoms. The Morgan fingerprint density at radius 2 is 1.91 bits per heavy atom. The predicted molar refractivity (Wildman–Crippen MR) is 139 cm³/mol. The van der Waals surface area contributed by atoms with E-state index in [1.54, 1.807) is 7.11 Å². The van der Waals surface area contributed by atoms with E-state index in [1.807, 2.05) is 12.3 Å². The number of benzene rings is 1. The average molecular weight is 499 g/mol. The van der Waals surface area contributed by atoms with Gasteiger partial charge >= 0.3 is 0 Å². The highest BCUT2D eigenvalue weighted by molar-refractivity contribution is 6.33. The zero-order chi connectivity index (χ0) is 24.4. The molecule has 2 aliphatic heterocycles. The molecular formula is C26H35ClN6O2. The summed E-state index contributed by atoms with van der Waals surface area (Å²) in [5, 5.41) is 16.8. The highest BCUT2D eigenvalue weighted by Crippen LogP contribution is 2.73. The van der Waals surface area contributed by atoms with Gasteiger partial charge in [0.2, 0.25) is 0 Å². The van der Waals surface area contributed by atoms with Crippen LogP contribution in [-0.4, -0.2) is 79.0 Å². The van der Waals surface area contributed by atoms with Crippen LogP contribution in [0.2, 0.25) is 5.02 Å². The SMILES string of the molecule is COC(C)C12CC(n3cc(Nc4cc(N5CCN(C6(C)COC6)CC5)c(Cl)cc4C=N)cn3)(C1)C2. The Balaban J connectivity index is 1.16. The van der Waals surface area contributed by atoms with Gasteiger partial charge in [-0.3, -0.25) is 9.58 Å². The van der Waals surface area contributed by atoms with Crippen LogP contribution in [0.4, 0.5) is 17.1 Å². The molecule has 188 valence electrons. The van der Waals surface area contributed by atoms with E-state index in [0.29, 0.717) is 16.5 Å². The molecule has 1 aromatic heterocycles. The molecule has 2 N–H and O–H groups in total. The van der Waals surface area contributed by atoms with Gasteiger partial charge in [0.05, 0.1) is 53.0 Å². The number of halogens is 1. The van der Waals surface area contributed by atoms with Crippen molar-refractivity contribution in [3.63, 3.8) is 0 Å². The van der Waals surface area contributed by atoms with Crippen molar-refractivity contribution in [3.05, 3.63) is 35.1 Å². The largest absolute Gasteiger partial charge is 0.381 e. The molecule has 9 heteroatoms. The second-order valence-electron chi connectivity index (χ2n) is 11.3. The Kier molecular flexibility index (Phi) is 5.45. The fourth-order valence-electron chi connectivity index (χ4n) is 6.65. The van der Waals surface area contributed by atoms with E-state index >= 15 is 0 Å². The molecule has 8 nitrogen and oxygen atoms in total. The van der Waals surface area contributed by atoms with Crippen LogP contribution in [0.3, 0.4) is 0 Å². The van der Waals surface area contributed by atoms with Crippen molar-refractivity contribution in [2.75, 3.05) is 56.7 Å². The molecule has 2 saturated heterocycles. The Morgan fingerprint density at radius 3 is 2.51 bits per heavy atom. The minimum absolute atomic E-state index is 0.143. The van der Waals surface area contributed by atoms with Gasteiger partial charge < -0.3 is 25.1 Å². The van der Waals surface area contributed by atoms with E-state index in [9.17, 15) is 0 Å². The summed E-state index contributed by atoms with van der Waals surface area (Å²) in [6, 6.07) is 3.97. The fraction of sp³-hybridized carbons (Fsp3) is 0.615. The first-order valence-corrected chi connectivity index (χ1v) is 12.9. The summed E-state index contributed by atoms with van der Waals surface area (Å²) in [5.74, 6) is 0. The van der Waals surface area contributed by atoms with E-state index in [4.69, 9.17) is 31.6 Å². The Morgan fingerprint density at radius 1 is 1.20 bits per heavy atom. The van der Waals surface area contributed by atoms with Crippen molar-refractivity contribution in [2.45, 2.75) is 50.3 Å². The summed E-state index contributed by atoms with van der Waals surface area (Å²) in [6.45, 7) is 9.91. The van der Waals surface area contributed by atoms with E-state index in [0.717, 1.165) is 81.3 Å². The standard InChI is InChI=1S/C26H35ClN6O2/c1-18(34-3)25-13-26(14-25,15-25)33-12-20(11-29-33)30-22-9-23(21(27)8-19(22)10-28)31-4-6-32(7-5-31)24(2)16-35-17-24/h8-12,18,28,30H,4-7,13-17H2,1-3H3. The zero-order valence-electron chi connectivity index (χ0n) is 20.8. The van der Waals surface area contributed by atoms with Crippen LogP contribution in [0.15, 0.2) is 24.5 Å². The van der Waals surface area contributed by atoms with Gasteiger partial charge in [-0.2, -0.15) is 5.10 Å². The van der Waals surface area contributed by atoms with E-state index in [2.05, 4.69) is 45.9 Å². The number of anilines is 3. The first-order chi connectivity index (χ1) is 16.8. The Bertz CT molecular complexity index is 1120. The molecule has 3 aliphatic carbocycles. The maximum atomic E-state index is 7.93. The maximum Gasteiger partial charge on any atom is 0.0770 e. The number of rotatable bonds is 8. The zero-order valence-corrected chi connectivity index (χ0v) is 21.6. The van der Waals surface area contributed by atoms with Gasteiger partial charge in [-0.05, 0) is 45.2 Å². The number of aromatic nitrogens is 2. The Labute approximate surface area is 212 Å². The van der Waals surface area contributed by atoms with Crippen LogP contribution in [0.5, 0.6) is 0 Å². The number of piperazine rings is 1. The second kappa shape index (κ2) is 8.20. The smallest absolute Gasteiger partial charge is 0.0770 e. The van der Waals surface area contributed by atoms with Crippen LogP contribution in [0, 0.1) is 10.8 Å². The van der Waals surface area contributed by atoms with Crippen molar-refractivity contribution in [1.82, 2.24) is 14.7 Å². The first kappa shape index (κ1) is 23.3. The molecule has 7 rings (SSSR count). The average Bonchev–Trinajstić information content (AvgIpc) is 3.24. The third kappa shape index (κ3) is 3.60. The molecule has 1 atom stereocenters. The summed E-state index contributed by atoms with van der Waals surface area (Å²) >= 11 is 6.69. The third-order valence-electron chi connectivity index (χ3n) is 9.09. The molecule has 5 fully saturated rings. The lowest BCUT2D eigenvalue weighted by molar-refractivity contribution is -0.246. The number of nitrogens with one attached hydrogen (secondary N) is 2. The van der Waals surface area contributed by atoms with Crippen molar-refractivity contribution in [1.29, 1.82) is 5.41 Å². The van der Waals surface area contributed by atoms with Gasteiger partial charge in [-0.1, -0.05) is 11.6 Å². The minimum Gasteiger partial charge on any atom is -0.381 e. The van der Waals surface area contributed by atoms with Crippen molar-refractivity contribution >= 4 is 34.9 Å². The minimum atomic E-state index is 0.143. The van der Waals surface area contributed by atoms with Crippen molar-refractivity contribution in [3.8, 4) is 0 Å². The van der Waals surface area contributed by atoms with Crippen LogP contribution < -0.4 is 10.2 Å². The molecule has 3 heterocycles. The first-order valence-electron chi connectivity index (χ1n) is 12.6.